The van der Waals surface area contributed by atoms with Crippen molar-refractivity contribution >= 4 is 21.3 Å². The maximum Gasteiger partial charge on any atom is 0.446 e. The molecule has 1 heterocycles. The van der Waals surface area contributed by atoms with E-state index < -0.39 is 10.4 Å². The van der Waals surface area contributed by atoms with Crippen molar-refractivity contribution in [3.8, 4) is 5.75 Å². The smallest absolute Gasteiger partial charge is 0.359 e. The molecule has 5 nitrogen and oxygen atoms in total. The van der Waals surface area contributed by atoms with E-state index in [9.17, 15) is 8.42 Å². The first-order valence-corrected chi connectivity index (χ1v) is 5.43. The van der Waals surface area contributed by atoms with Crippen LogP contribution in [0.3, 0.4) is 0 Å². The van der Waals surface area contributed by atoms with Crippen LogP contribution in [0.15, 0.2) is 36.5 Å². The summed E-state index contributed by atoms with van der Waals surface area (Å²) in [5.41, 5.74) is 0.387. The van der Waals surface area contributed by atoms with Gasteiger partial charge in [0.05, 0.1) is 0 Å². The fraction of sp³-hybridized carbons (Fsp3) is 0. The second-order valence-corrected chi connectivity index (χ2v) is 3.86. The molecule has 78 valence electrons. The number of fused-ring (bicyclic) bond motifs is 1. The van der Waals surface area contributed by atoms with Gasteiger partial charge >= 0.3 is 10.4 Å². The van der Waals surface area contributed by atoms with Crippen molar-refractivity contribution in [2.24, 2.45) is 0 Å². The standard InChI is InChI=1S/C9H7NO4S/c11-15(12,13)14-8-5-1-3-7-4-2-6-10-9(7)8/h1-6H,(H,11,12,13). The third-order valence-electron chi connectivity index (χ3n) is 1.79. The lowest BCUT2D eigenvalue weighted by Crippen LogP contribution is -2.07. The van der Waals surface area contributed by atoms with E-state index in [1.54, 1.807) is 24.3 Å². The highest BCUT2D eigenvalue weighted by atomic mass is 32.3. The highest BCUT2D eigenvalue weighted by Gasteiger charge is 2.10. The molecule has 0 unspecified atom stereocenters. The van der Waals surface area contributed by atoms with Crippen LogP contribution in [0.5, 0.6) is 5.75 Å². The predicted octanol–water partition coefficient (Wildman–Crippen LogP) is 1.42. The molecular formula is C9H7NO4S. The van der Waals surface area contributed by atoms with Gasteiger partial charge in [-0.1, -0.05) is 18.2 Å². The molecule has 0 radical (unpaired) electrons. The van der Waals surface area contributed by atoms with Gasteiger partial charge in [-0.25, -0.2) is 0 Å². The molecule has 0 atom stereocenters. The third kappa shape index (κ3) is 2.23. The van der Waals surface area contributed by atoms with Crippen LogP contribution in [-0.4, -0.2) is 18.0 Å². The topological polar surface area (TPSA) is 76.5 Å². The fourth-order valence-electron chi connectivity index (χ4n) is 1.26. The summed E-state index contributed by atoms with van der Waals surface area (Å²) in [5, 5.41) is 0.735. The Kier molecular flexibility index (Phi) is 2.29. The van der Waals surface area contributed by atoms with E-state index >= 15 is 0 Å². The average Bonchev–Trinajstić information content (AvgIpc) is 2.16. The largest absolute Gasteiger partial charge is 0.446 e. The molecule has 6 heteroatoms. The van der Waals surface area contributed by atoms with E-state index in [4.69, 9.17) is 4.55 Å². The van der Waals surface area contributed by atoms with Gasteiger partial charge in [0.15, 0.2) is 5.75 Å². The minimum Gasteiger partial charge on any atom is -0.359 e. The van der Waals surface area contributed by atoms with Gasteiger partial charge in [0.25, 0.3) is 0 Å². The van der Waals surface area contributed by atoms with E-state index in [0.29, 0.717) is 5.52 Å². The van der Waals surface area contributed by atoms with Gasteiger partial charge in [0, 0.05) is 11.6 Å². The highest BCUT2D eigenvalue weighted by Crippen LogP contribution is 2.23. The molecule has 15 heavy (non-hydrogen) atoms. The Balaban J connectivity index is 2.61. The van der Waals surface area contributed by atoms with Crippen molar-refractivity contribution in [1.82, 2.24) is 4.98 Å². The van der Waals surface area contributed by atoms with Gasteiger partial charge in [-0.2, -0.15) is 8.42 Å². The van der Waals surface area contributed by atoms with Crippen LogP contribution in [0.2, 0.25) is 0 Å². The Morgan fingerprint density at radius 2 is 1.93 bits per heavy atom. The lowest BCUT2D eigenvalue weighted by Gasteiger charge is -2.03. The Morgan fingerprint density at radius 1 is 1.20 bits per heavy atom. The van der Waals surface area contributed by atoms with Crippen LogP contribution < -0.4 is 4.18 Å². The van der Waals surface area contributed by atoms with E-state index in [1.165, 1.54) is 12.3 Å². The third-order valence-corrected chi connectivity index (χ3v) is 2.18. The molecule has 1 aromatic heterocycles. The maximum atomic E-state index is 10.5. The Labute approximate surface area is 86.3 Å². The van der Waals surface area contributed by atoms with Crippen LogP contribution in [0.1, 0.15) is 0 Å². The second-order valence-electron chi connectivity index (χ2n) is 2.84. The summed E-state index contributed by atoms with van der Waals surface area (Å²) in [6.45, 7) is 0. The number of pyridine rings is 1. The molecular weight excluding hydrogens is 218 g/mol. The van der Waals surface area contributed by atoms with Crippen LogP contribution in [-0.2, 0) is 10.4 Å². The molecule has 0 fully saturated rings. The summed E-state index contributed by atoms with van der Waals surface area (Å²) in [6, 6.07) is 8.28. The summed E-state index contributed by atoms with van der Waals surface area (Å²) in [6.07, 6.45) is 1.51. The van der Waals surface area contributed by atoms with Crippen molar-refractivity contribution < 1.29 is 17.2 Å². The molecule has 2 rings (SSSR count). The zero-order valence-corrected chi connectivity index (χ0v) is 8.31. The average molecular weight is 225 g/mol. The van der Waals surface area contributed by atoms with Crippen LogP contribution in [0, 0.1) is 0 Å². The lowest BCUT2D eigenvalue weighted by atomic mass is 10.2. The van der Waals surface area contributed by atoms with Crippen molar-refractivity contribution in [3.63, 3.8) is 0 Å². The molecule has 0 aliphatic carbocycles. The van der Waals surface area contributed by atoms with Gasteiger partial charge in [-0.05, 0) is 12.1 Å². The van der Waals surface area contributed by atoms with Crippen molar-refractivity contribution in [3.05, 3.63) is 36.5 Å². The highest BCUT2D eigenvalue weighted by molar-refractivity contribution is 7.81. The molecule has 0 bridgehead atoms. The van der Waals surface area contributed by atoms with E-state index in [2.05, 4.69) is 9.17 Å². The zero-order valence-electron chi connectivity index (χ0n) is 7.49. The van der Waals surface area contributed by atoms with Crippen LogP contribution in [0.25, 0.3) is 10.9 Å². The first-order chi connectivity index (χ1) is 7.06. The van der Waals surface area contributed by atoms with Gasteiger partial charge < -0.3 is 4.18 Å². The number of hydrogen-bond donors (Lipinski definition) is 1. The zero-order chi connectivity index (χ0) is 10.9. The number of aromatic nitrogens is 1. The summed E-state index contributed by atoms with van der Waals surface area (Å²) >= 11 is 0. The van der Waals surface area contributed by atoms with E-state index in [-0.39, 0.29) is 5.75 Å². The van der Waals surface area contributed by atoms with Crippen LogP contribution >= 0.6 is 0 Å². The summed E-state index contributed by atoms with van der Waals surface area (Å²) < 4.78 is 34.0. The molecule has 1 N–H and O–H groups in total. The fourth-order valence-corrected chi connectivity index (χ4v) is 1.62. The van der Waals surface area contributed by atoms with Crippen molar-refractivity contribution in [1.29, 1.82) is 0 Å². The summed E-state index contributed by atoms with van der Waals surface area (Å²) in [4.78, 5) is 3.96. The molecule has 1 aromatic carbocycles. The second kappa shape index (κ2) is 3.48. The molecule has 0 saturated carbocycles. The maximum absolute atomic E-state index is 10.5. The number of benzene rings is 1. The number of para-hydroxylation sites is 1. The number of rotatable bonds is 2. The van der Waals surface area contributed by atoms with Crippen molar-refractivity contribution in [2.45, 2.75) is 0 Å². The normalized spacial score (nSPS) is 11.5. The van der Waals surface area contributed by atoms with Gasteiger partial charge in [0.1, 0.15) is 5.52 Å². The quantitative estimate of drug-likeness (QED) is 0.782. The van der Waals surface area contributed by atoms with E-state index in [0.717, 1.165) is 5.39 Å². The minimum atomic E-state index is -4.51. The molecule has 0 amide bonds. The molecule has 0 saturated heterocycles. The van der Waals surface area contributed by atoms with Gasteiger partial charge in [-0.15, -0.1) is 0 Å². The Morgan fingerprint density at radius 3 is 2.67 bits per heavy atom. The molecule has 0 aliphatic rings. The first kappa shape index (κ1) is 9.88. The lowest BCUT2D eigenvalue weighted by molar-refractivity contribution is 0.388. The van der Waals surface area contributed by atoms with E-state index in [1.807, 2.05) is 0 Å². The molecule has 2 aromatic rings. The predicted molar refractivity (Wildman–Crippen MR) is 53.9 cm³/mol. The number of hydrogen-bond acceptors (Lipinski definition) is 4. The minimum absolute atomic E-state index is 0.00981. The summed E-state index contributed by atoms with van der Waals surface area (Å²) in [5.74, 6) is 0.00981. The monoisotopic (exact) mass is 225 g/mol. The SMILES string of the molecule is O=S(=O)(O)Oc1cccc2cccnc12. The summed E-state index contributed by atoms with van der Waals surface area (Å²) in [7, 11) is -4.51. The van der Waals surface area contributed by atoms with Gasteiger partial charge in [-0.3, -0.25) is 9.54 Å². The first-order valence-electron chi connectivity index (χ1n) is 4.07. The number of nitrogens with zero attached hydrogens (tertiary/aromatic N) is 1. The van der Waals surface area contributed by atoms with Crippen LogP contribution in [0.4, 0.5) is 0 Å². The molecule has 0 aliphatic heterocycles. The van der Waals surface area contributed by atoms with Crippen molar-refractivity contribution in [2.75, 3.05) is 0 Å². The molecule has 0 spiro atoms. The van der Waals surface area contributed by atoms with Gasteiger partial charge in [0.2, 0.25) is 0 Å². The Hall–Kier alpha value is -1.66. The Bertz CT molecular complexity index is 589.